The van der Waals surface area contributed by atoms with Crippen molar-refractivity contribution in [1.82, 2.24) is 5.32 Å². The van der Waals surface area contributed by atoms with E-state index in [0.717, 1.165) is 22.4 Å². The van der Waals surface area contributed by atoms with Crippen LogP contribution in [0.1, 0.15) is 23.6 Å². The van der Waals surface area contributed by atoms with Crippen LogP contribution < -0.4 is 15.4 Å². The van der Waals surface area contributed by atoms with Crippen LogP contribution in [0, 0.1) is 20.8 Å². The number of hydrogen-bond donors (Lipinski definition) is 3. The fourth-order valence-corrected chi connectivity index (χ4v) is 2.47. The van der Waals surface area contributed by atoms with Gasteiger partial charge in [-0.05, 0) is 63.1 Å². The lowest BCUT2D eigenvalue weighted by atomic mass is 10.1. The summed E-state index contributed by atoms with van der Waals surface area (Å²) in [7, 11) is 0. The van der Waals surface area contributed by atoms with Gasteiger partial charge in [-0.3, -0.25) is 0 Å². The molecular weight excluding hydrogens is 292 g/mol. The Hall–Kier alpha value is -2.69. The number of hydrogen-bond acceptors (Lipinski definition) is 3. The molecule has 23 heavy (non-hydrogen) atoms. The number of anilines is 1. The molecule has 2 aromatic rings. The lowest BCUT2D eigenvalue weighted by molar-refractivity contribution is 0.183. The standard InChI is InChI=1S/C18H22N2O3/c1-11-9-12(2)17(13(3)10-11)20-18(22)19-14(4)23-16-7-5-15(21)6-8-16/h5-10,14,21H,1-4H3,(H2,19,20,22). The number of ether oxygens (including phenoxy) is 1. The number of amides is 2. The molecule has 0 bridgehead atoms. The minimum Gasteiger partial charge on any atom is -0.508 e. The van der Waals surface area contributed by atoms with Crippen LogP contribution in [0.25, 0.3) is 0 Å². The van der Waals surface area contributed by atoms with Crippen LogP contribution in [-0.2, 0) is 0 Å². The Balaban J connectivity index is 1.95. The molecule has 2 amide bonds. The SMILES string of the molecule is Cc1cc(C)c(NC(=O)NC(C)Oc2ccc(O)cc2)c(C)c1. The van der Waals surface area contributed by atoms with E-state index in [9.17, 15) is 9.90 Å². The summed E-state index contributed by atoms with van der Waals surface area (Å²) in [6.45, 7) is 7.69. The minimum absolute atomic E-state index is 0.168. The van der Waals surface area contributed by atoms with Crippen molar-refractivity contribution in [2.75, 3.05) is 5.32 Å². The molecule has 0 fully saturated rings. The highest BCUT2D eigenvalue weighted by molar-refractivity contribution is 5.91. The van der Waals surface area contributed by atoms with Crippen LogP contribution in [0.2, 0.25) is 0 Å². The summed E-state index contributed by atoms with van der Waals surface area (Å²) < 4.78 is 5.57. The van der Waals surface area contributed by atoms with E-state index >= 15 is 0 Å². The second-order valence-corrected chi connectivity index (χ2v) is 5.63. The molecule has 5 nitrogen and oxygen atoms in total. The van der Waals surface area contributed by atoms with E-state index in [1.54, 1.807) is 19.1 Å². The first-order valence-corrected chi connectivity index (χ1v) is 7.46. The van der Waals surface area contributed by atoms with Crippen LogP contribution in [0.15, 0.2) is 36.4 Å². The molecule has 0 heterocycles. The zero-order valence-corrected chi connectivity index (χ0v) is 13.8. The molecule has 122 valence electrons. The molecule has 0 aliphatic heterocycles. The van der Waals surface area contributed by atoms with Crippen LogP contribution in [-0.4, -0.2) is 17.4 Å². The molecule has 0 aromatic heterocycles. The minimum atomic E-state index is -0.509. The third-order valence-corrected chi connectivity index (χ3v) is 3.40. The van der Waals surface area contributed by atoms with Crippen molar-refractivity contribution in [3.8, 4) is 11.5 Å². The number of carbonyl (C=O) groups excluding carboxylic acids is 1. The smallest absolute Gasteiger partial charge is 0.322 e. The van der Waals surface area contributed by atoms with Gasteiger partial charge in [-0.1, -0.05) is 17.7 Å². The van der Waals surface area contributed by atoms with E-state index in [4.69, 9.17) is 4.74 Å². The molecule has 3 N–H and O–H groups in total. The van der Waals surface area contributed by atoms with Crippen molar-refractivity contribution < 1.29 is 14.6 Å². The van der Waals surface area contributed by atoms with Gasteiger partial charge < -0.3 is 20.5 Å². The fraction of sp³-hybridized carbons (Fsp3) is 0.278. The Morgan fingerprint density at radius 1 is 1.09 bits per heavy atom. The molecule has 0 saturated heterocycles. The van der Waals surface area contributed by atoms with Crippen molar-refractivity contribution in [3.05, 3.63) is 53.1 Å². The predicted octanol–water partition coefficient (Wildman–Crippen LogP) is 3.86. The van der Waals surface area contributed by atoms with Gasteiger partial charge in [0, 0.05) is 5.69 Å². The van der Waals surface area contributed by atoms with Crippen LogP contribution in [0.5, 0.6) is 11.5 Å². The molecule has 5 heteroatoms. The highest BCUT2D eigenvalue weighted by Gasteiger charge is 2.11. The molecule has 0 saturated carbocycles. The topological polar surface area (TPSA) is 70.6 Å². The average Bonchev–Trinajstić information content (AvgIpc) is 2.45. The van der Waals surface area contributed by atoms with Crippen molar-refractivity contribution in [1.29, 1.82) is 0 Å². The van der Waals surface area contributed by atoms with E-state index < -0.39 is 6.23 Å². The maximum absolute atomic E-state index is 12.1. The monoisotopic (exact) mass is 314 g/mol. The molecule has 1 unspecified atom stereocenters. The number of aromatic hydroxyl groups is 1. The molecule has 0 aliphatic carbocycles. The average molecular weight is 314 g/mol. The number of aryl methyl sites for hydroxylation is 3. The second kappa shape index (κ2) is 7.05. The molecule has 2 rings (SSSR count). The van der Waals surface area contributed by atoms with Gasteiger partial charge in [0.15, 0.2) is 6.23 Å². The van der Waals surface area contributed by atoms with Crippen molar-refractivity contribution in [2.24, 2.45) is 0 Å². The number of nitrogens with one attached hydrogen (secondary N) is 2. The van der Waals surface area contributed by atoms with E-state index in [2.05, 4.69) is 10.6 Å². The summed E-state index contributed by atoms with van der Waals surface area (Å²) in [5, 5.41) is 14.8. The number of urea groups is 1. The van der Waals surface area contributed by atoms with Gasteiger partial charge in [0.2, 0.25) is 0 Å². The van der Waals surface area contributed by atoms with Crippen LogP contribution >= 0.6 is 0 Å². The Kier molecular flexibility index (Phi) is 5.11. The summed E-state index contributed by atoms with van der Waals surface area (Å²) in [6.07, 6.45) is -0.509. The van der Waals surface area contributed by atoms with E-state index in [1.165, 1.54) is 12.1 Å². The predicted molar refractivity (Wildman–Crippen MR) is 91.0 cm³/mol. The number of rotatable bonds is 4. The summed E-state index contributed by atoms with van der Waals surface area (Å²) in [6, 6.07) is 10.1. The zero-order chi connectivity index (χ0) is 17.0. The second-order valence-electron chi connectivity index (χ2n) is 5.63. The van der Waals surface area contributed by atoms with Gasteiger partial charge in [-0.25, -0.2) is 4.79 Å². The molecule has 1 atom stereocenters. The highest BCUT2D eigenvalue weighted by Crippen LogP contribution is 2.22. The first-order chi connectivity index (χ1) is 10.8. The third-order valence-electron chi connectivity index (χ3n) is 3.40. The van der Waals surface area contributed by atoms with E-state index in [0.29, 0.717) is 5.75 Å². The first-order valence-electron chi connectivity index (χ1n) is 7.46. The zero-order valence-electron chi connectivity index (χ0n) is 13.8. The Bertz CT molecular complexity index is 673. The maximum atomic E-state index is 12.1. The molecule has 0 spiro atoms. The van der Waals surface area contributed by atoms with Gasteiger partial charge in [0.25, 0.3) is 0 Å². The van der Waals surface area contributed by atoms with Gasteiger partial charge in [-0.2, -0.15) is 0 Å². The molecular formula is C18H22N2O3. The molecule has 2 aromatic carbocycles. The number of benzene rings is 2. The van der Waals surface area contributed by atoms with Gasteiger partial charge in [-0.15, -0.1) is 0 Å². The highest BCUT2D eigenvalue weighted by atomic mass is 16.5. The Morgan fingerprint density at radius 3 is 2.22 bits per heavy atom. The lowest BCUT2D eigenvalue weighted by Crippen LogP contribution is -2.39. The normalized spacial score (nSPS) is 11.7. The van der Waals surface area contributed by atoms with Gasteiger partial charge in [0.05, 0.1) is 0 Å². The maximum Gasteiger partial charge on any atom is 0.322 e. The summed E-state index contributed by atoms with van der Waals surface area (Å²) in [5.74, 6) is 0.735. The summed E-state index contributed by atoms with van der Waals surface area (Å²) in [5.41, 5.74) is 4.01. The van der Waals surface area contributed by atoms with Gasteiger partial charge in [0.1, 0.15) is 11.5 Å². The van der Waals surface area contributed by atoms with Crippen molar-refractivity contribution in [2.45, 2.75) is 33.9 Å². The molecule has 0 aliphatic rings. The van der Waals surface area contributed by atoms with E-state index in [-0.39, 0.29) is 11.8 Å². The lowest BCUT2D eigenvalue weighted by Gasteiger charge is -2.18. The largest absolute Gasteiger partial charge is 0.508 e. The summed E-state index contributed by atoms with van der Waals surface area (Å²) >= 11 is 0. The van der Waals surface area contributed by atoms with E-state index in [1.807, 2.05) is 32.9 Å². The van der Waals surface area contributed by atoms with Crippen LogP contribution in [0.4, 0.5) is 10.5 Å². The van der Waals surface area contributed by atoms with Gasteiger partial charge >= 0.3 is 6.03 Å². The Labute approximate surface area is 136 Å². The number of phenolic OH excluding ortho intramolecular Hbond substituents is 1. The first kappa shape index (κ1) is 16.7. The quantitative estimate of drug-likeness (QED) is 0.750. The summed E-state index contributed by atoms with van der Waals surface area (Å²) in [4.78, 5) is 12.1. The molecule has 0 radical (unpaired) electrons. The van der Waals surface area contributed by atoms with Crippen LogP contribution in [0.3, 0.4) is 0 Å². The fourth-order valence-electron chi connectivity index (χ4n) is 2.47. The third kappa shape index (κ3) is 4.64. The number of carbonyl (C=O) groups is 1. The Morgan fingerprint density at radius 2 is 1.65 bits per heavy atom. The van der Waals surface area contributed by atoms with Crippen molar-refractivity contribution >= 4 is 11.7 Å². The van der Waals surface area contributed by atoms with Crippen molar-refractivity contribution in [3.63, 3.8) is 0 Å². The number of phenols is 1.